The van der Waals surface area contributed by atoms with Crippen molar-refractivity contribution in [1.82, 2.24) is 4.31 Å². The molecule has 0 unspecified atom stereocenters. The van der Waals surface area contributed by atoms with Crippen LogP contribution in [0.4, 0.5) is 11.4 Å². The van der Waals surface area contributed by atoms with Gasteiger partial charge in [-0.15, -0.1) is 0 Å². The van der Waals surface area contributed by atoms with Crippen molar-refractivity contribution in [1.29, 1.82) is 0 Å². The van der Waals surface area contributed by atoms with E-state index < -0.39 is 20.6 Å². The molecule has 8 nitrogen and oxygen atoms in total. The van der Waals surface area contributed by atoms with Crippen LogP contribution in [0.2, 0.25) is 0 Å². The third-order valence-electron chi connectivity index (χ3n) is 2.89. The van der Waals surface area contributed by atoms with Gasteiger partial charge < -0.3 is 10.1 Å². The number of nitro benzene ring substituents is 1. The summed E-state index contributed by atoms with van der Waals surface area (Å²) in [6.45, 7) is 2.63. The molecular weight excluding hydrogens is 298 g/mol. The molecule has 0 radical (unpaired) electrons. The predicted octanol–water partition coefficient (Wildman–Crippen LogP) is 1.29. The van der Waals surface area contributed by atoms with E-state index >= 15 is 0 Å². The maximum atomic E-state index is 12.5. The molecule has 0 aliphatic heterocycles. The summed E-state index contributed by atoms with van der Waals surface area (Å²) in [6, 6.07) is 3.89. The first-order chi connectivity index (χ1) is 9.84. The van der Waals surface area contributed by atoms with Crippen LogP contribution in [0, 0.1) is 10.1 Å². The van der Waals surface area contributed by atoms with E-state index in [9.17, 15) is 18.5 Å². The molecule has 1 aromatic carbocycles. The highest BCUT2D eigenvalue weighted by Crippen LogP contribution is 2.28. The van der Waals surface area contributed by atoms with Gasteiger partial charge in [0.1, 0.15) is 0 Å². The largest absolute Gasteiger partial charge is 0.388 e. The van der Waals surface area contributed by atoms with E-state index in [2.05, 4.69) is 5.32 Å². The zero-order chi connectivity index (χ0) is 16.0. The number of anilines is 1. The van der Waals surface area contributed by atoms with E-state index in [1.807, 2.05) is 0 Å². The van der Waals surface area contributed by atoms with Crippen molar-refractivity contribution in [2.75, 3.05) is 39.2 Å². The third kappa shape index (κ3) is 4.13. The van der Waals surface area contributed by atoms with Gasteiger partial charge in [0.2, 0.25) is 10.0 Å². The summed E-state index contributed by atoms with van der Waals surface area (Å²) in [6.07, 6.45) is 0. The van der Waals surface area contributed by atoms with E-state index in [1.165, 1.54) is 25.2 Å². The molecule has 1 aromatic rings. The van der Waals surface area contributed by atoms with E-state index in [1.54, 1.807) is 14.0 Å². The van der Waals surface area contributed by atoms with Gasteiger partial charge in [0.05, 0.1) is 11.5 Å². The van der Waals surface area contributed by atoms with Gasteiger partial charge in [-0.2, -0.15) is 4.31 Å². The number of rotatable bonds is 8. The molecule has 0 heterocycles. The molecule has 0 aliphatic rings. The number of nitrogens with zero attached hydrogens (tertiary/aromatic N) is 2. The molecule has 0 atom stereocenters. The van der Waals surface area contributed by atoms with E-state index in [4.69, 9.17) is 4.74 Å². The summed E-state index contributed by atoms with van der Waals surface area (Å²) < 4.78 is 31.1. The fourth-order valence-electron chi connectivity index (χ4n) is 1.65. The number of nitro groups is 1. The molecule has 0 spiro atoms. The van der Waals surface area contributed by atoms with Crippen LogP contribution in [0.1, 0.15) is 6.92 Å². The first kappa shape index (κ1) is 17.3. The van der Waals surface area contributed by atoms with Crippen LogP contribution in [-0.2, 0) is 14.8 Å². The van der Waals surface area contributed by atoms with Crippen molar-refractivity contribution < 1.29 is 18.1 Å². The van der Waals surface area contributed by atoms with Crippen LogP contribution in [0.3, 0.4) is 0 Å². The molecule has 0 aliphatic carbocycles. The first-order valence-electron chi connectivity index (χ1n) is 6.34. The Bertz CT molecular complexity index is 603. The lowest BCUT2D eigenvalue weighted by Gasteiger charge is -2.17. The summed E-state index contributed by atoms with van der Waals surface area (Å²) in [5.74, 6) is 0. The molecule has 0 amide bonds. The van der Waals surface area contributed by atoms with Crippen LogP contribution < -0.4 is 5.32 Å². The highest BCUT2D eigenvalue weighted by atomic mass is 32.2. The van der Waals surface area contributed by atoms with Crippen molar-refractivity contribution in [3.8, 4) is 0 Å². The van der Waals surface area contributed by atoms with Gasteiger partial charge >= 0.3 is 0 Å². The van der Waals surface area contributed by atoms with Gasteiger partial charge in [0, 0.05) is 39.0 Å². The third-order valence-corrected chi connectivity index (χ3v) is 4.77. The average Bonchev–Trinajstić information content (AvgIpc) is 2.46. The zero-order valence-electron chi connectivity index (χ0n) is 12.2. The summed E-state index contributed by atoms with van der Waals surface area (Å²) >= 11 is 0. The molecule has 9 heteroatoms. The predicted molar refractivity (Wildman–Crippen MR) is 79.0 cm³/mol. The minimum Gasteiger partial charge on any atom is -0.388 e. The van der Waals surface area contributed by atoms with Crippen LogP contribution >= 0.6 is 0 Å². The fraction of sp³-hybridized carbons (Fsp3) is 0.500. The Hall–Kier alpha value is -1.71. The fourth-order valence-corrected chi connectivity index (χ4v) is 2.99. The Morgan fingerprint density at radius 2 is 2.10 bits per heavy atom. The SMILES string of the molecule is CCOCCN(C)S(=O)(=O)c1cc(NC)ccc1[N+](=O)[O-]. The van der Waals surface area contributed by atoms with Crippen molar-refractivity contribution in [2.24, 2.45) is 0 Å². The highest BCUT2D eigenvalue weighted by molar-refractivity contribution is 7.89. The lowest BCUT2D eigenvalue weighted by atomic mass is 10.3. The summed E-state index contributed by atoms with van der Waals surface area (Å²) in [4.78, 5) is 9.99. The second-order valence-electron chi connectivity index (χ2n) is 4.21. The maximum Gasteiger partial charge on any atom is 0.289 e. The van der Waals surface area contributed by atoms with Crippen LogP contribution in [0.5, 0.6) is 0 Å². The highest BCUT2D eigenvalue weighted by Gasteiger charge is 2.29. The number of nitrogens with one attached hydrogen (secondary N) is 1. The summed E-state index contributed by atoms with van der Waals surface area (Å²) in [5.41, 5.74) is 0.0367. The number of sulfonamides is 1. The van der Waals surface area contributed by atoms with Gasteiger partial charge in [0.15, 0.2) is 4.90 Å². The topological polar surface area (TPSA) is 102 Å². The molecule has 0 aromatic heterocycles. The number of likely N-dealkylation sites (N-methyl/N-ethyl adjacent to an activating group) is 1. The van der Waals surface area contributed by atoms with Gasteiger partial charge in [0.25, 0.3) is 5.69 Å². The second-order valence-corrected chi connectivity index (χ2v) is 6.23. The quantitative estimate of drug-likeness (QED) is 0.440. The van der Waals surface area contributed by atoms with Crippen molar-refractivity contribution >= 4 is 21.4 Å². The van der Waals surface area contributed by atoms with E-state index in [0.717, 1.165) is 4.31 Å². The lowest BCUT2D eigenvalue weighted by Crippen LogP contribution is -2.30. The Labute approximate surface area is 123 Å². The van der Waals surface area contributed by atoms with E-state index in [-0.39, 0.29) is 18.0 Å². The normalized spacial score (nSPS) is 11.6. The maximum absolute atomic E-state index is 12.5. The summed E-state index contributed by atoms with van der Waals surface area (Å²) in [7, 11) is -0.983. The Balaban J connectivity index is 3.19. The zero-order valence-corrected chi connectivity index (χ0v) is 13.0. The molecule has 0 saturated carbocycles. The Kier molecular flexibility index (Phi) is 6.06. The lowest BCUT2D eigenvalue weighted by molar-refractivity contribution is -0.387. The van der Waals surface area contributed by atoms with Crippen molar-refractivity contribution in [3.63, 3.8) is 0 Å². The Morgan fingerprint density at radius 1 is 1.43 bits per heavy atom. The number of ether oxygens (including phenoxy) is 1. The second kappa shape index (κ2) is 7.34. The molecule has 0 bridgehead atoms. The first-order valence-corrected chi connectivity index (χ1v) is 7.78. The molecule has 0 fully saturated rings. The smallest absolute Gasteiger partial charge is 0.289 e. The van der Waals surface area contributed by atoms with Crippen LogP contribution in [0.25, 0.3) is 0 Å². The van der Waals surface area contributed by atoms with Crippen molar-refractivity contribution in [3.05, 3.63) is 28.3 Å². The molecule has 118 valence electrons. The molecule has 1 rings (SSSR count). The van der Waals surface area contributed by atoms with Crippen LogP contribution in [0.15, 0.2) is 23.1 Å². The molecular formula is C12H19N3O5S. The molecule has 21 heavy (non-hydrogen) atoms. The van der Waals surface area contributed by atoms with Crippen molar-refractivity contribution in [2.45, 2.75) is 11.8 Å². The van der Waals surface area contributed by atoms with Gasteiger partial charge in [-0.25, -0.2) is 8.42 Å². The molecule has 1 N–H and O–H groups in total. The van der Waals surface area contributed by atoms with E-state index in [0.29, 0.717) is 12.3 Å². The molecule has 0 saturated heterocycles. The monoisotopic (exact) mass is 317 g/mol. The van der Waals surface area contributed by atoms with Gasteiger partial charge in [-0.1, -0.05) is 0 Å². The number of hydrogen-bond acceptors (Lipinski definition) is 6. The number of benzene rings is 1. The minimum atomic E-state index is -3.96. The standard InChI is InChI=1S/C12H19N3O5S/c1-4-20-8-7-14(3)21(18,19)12-9-10(13-2)5-6-11(12)15(16)17/h5-6,9,13H,4,7-8H2,1-3H3. The Morgan fingerprint density at radius 3 is 2.62 bits per heavy atom. The van der Waals surface area contributed by atoms with Gasteiger partial charge in [-0.05, 0) is 19.1 Å². The number of hydrogen-bond donors (Lipinski definition) is 1. The average molecular weight is 317 g/mol. The van der Waals surface area contributed by atoms with Gasteiger partial charge in [-0.3, -0.25) is 10.1 Å². The van der Waals surface area contributed by atoms with Crippen LogP contribution in [-0.4, -0.2) is 51.5 Å². The summed E-state index contributed by atoms with van der Waals surface area (Å²) in [5, 5.41) is 13.8. The minimum absolute atomic E-state index is 0.122.